The van der Waals surface area contributed by atoms with Crippen LogP contribution in [0.2, 0.25) is 0 Å². The molecule has 3 heterocycles. The Bertz CT molecular complexity index is 585. The number of piperidine rings is 1. The van der Waals surface area contributed by atoms with Gasteiger partial charge in [-0.15, -0.1) is 0 Å². The van der Waals surface area contributed by atoms with Crippen molar-refractivity contribution in [3.63, 3.8) is 0 Å². The molecule has 8 heteroatoms. The van der Waals surface area contributed by atoms with E-state index in [4.69, 9.17) is 9.15 Å². The topological polar surface area (TPSA) is 58.8 Å². The van der Waals surface area contributed by atoms with Gasteiger partial charge < -0.3 is 14.1 Å². The third kappa shape index (κ3) is 3.44. The maximum Gasteiger partial charge on any atom is 0.291 e. The molecule has 0 unspecified atom stereocenters. The first kappa shape index (κ1) is 17.3. The molecule has 1 aromatic heterocycles. The number of oxazole rings is 1. The maximum atomic E-state index is 13.8. The van der Waals surface area contributed by atoms with Crippen molar-refractivity contribution in [2.75, 3.05) is 33.4 Å². The smallest absolute Gasteiger partial charge is 0.291 e. The van der Waals surface area contributed by atoms with Gasteiger partial charge in [-0.05, 0) is 19.8 Å². The highest BCUT2D eigenvalue weighted by Gasteiger charge is 2.47. The Hall–Kier alpha value is -1.54. The van der Waals surface area contributed by atoms with Crippen molar-refractivity contribution >= 4 is 5.91 Å². The van der Waals surface area contributed by atoms with E-state index in [0.717, 1.165) is 0 Å². The van der Waals surface area contributed by atoms with Gasteiger partial charge >= 0.3 is 0 Å². The molecule has 24 heavy (non-hydrogen) atoms. The second-order valence-corrected chi connectivity index (χ2v) is 6.63. The molecule has 1 amide bonds. The summed E-state index contributed by atoms with van der Waals surface area (Å²) in [6.45, 7) is 2.88. The quantitative estimate of drug-likeness (QED) is 0.836. The van der Waals surface area contributed by atoms with E-state index in [-0.39, 0.29) is 36.7 Å². The summed E-state index contributed by atoms with van der Waals surface area (Å²) in [6.07, 6.45) is 2.46. The fourth-order valence-electron chi connectivity index (χ4n) is 3.75. The van der Waals surface area contributed by atoms with Crippen LogP contribution in [0.1, 0.15) is 35.5 Å². The highest BCUT2D eigenvalue weighted by Crippen LogP contribution is 2.35. The first-order valence-corrected chi connectivity index (χ1v) is 8.23. The molecule has 2 fully saturated rings. The molecule has 134 valence electrons. The Morgan fingerprint density at radius 3 is 2.75 bits per heavy atom. The molecule has 1 aromatic rings. The molecule has 6 nitrogen and oxygen atoms in total. The van der Waals surface area contributed by atoms with Crippen LogP contribution in [0.15, 0.2) is 10.8 Å². The Morgan fingerprint density at radius 1 is 1.46 bits per heavy atom. The molecule has 1 atom stereocenters. The number of carbonyl (C=O) groups is 1. The fraction of sp³-hybridized carbons (Fsp3) is 0.750. The average Bonchev–Trinajstić information content (AvgIpc) is 3.10. The van der Waals surface area contributed by atoms with E-state index in [1.807, 2.05) is 4.90 Å². The van der Waals surface area contributed by atoms with Gasteiger partial charge in [0.05, 0.1) is 18.8 Å². The van der Waals surface area contributed by atoms with Gasteiger partial charge in [-0.25, -0.2) is 13.8 Å². The first-order valence-electron chi connectivity index (χ1n) is 8.23. The highest BCUT2D eigenvalue weighted by atomic mass is 19.3. The lowest BCUT2D eigenvalue weighted by Gasteiger charge is -2.38. The van der Waals surface area contributed by atoms with Crippen molar-refractivity contribution in [3.05, 3.63) is 17.8 Å². The number of ether oxygens (including phenoxy) is 1. The van der Waals surface area contributed by atoms with Crippen LogP contribution in [0.25, 0.3) is 0 Å². The number of alkyl halides is 2. The van der Waals surface area contributed by atoms with Gasteiger partial charge in [-0.1, -0.05) is 0 Å². The van der Waals surface area contributed by atoms with Crippen molar-refractivity contribution < 1.29 is 22.7 Å². The van der Waals surface area contributed by atoms with Gasteiger partial charge in [0.15, 0.2) is 6.39 Å². The number of nitrogens with zero attached hydrogens (tertiary/aromatic N) is 3. The predicted molar refractivity (Wildman–Crippen MR) is 82.1 cm³/mol. The van der Waals surface area contributed by atoms with Crippen LogP contribution >= 0.6 is 0 Å². The molecule has 0 saturated carbocycles. The minimum Gasteiger partial charge on any atom is -0.438 e. The van der Waals surface area contributed by atoms with Gasteiger partial charge in [-0.2, -0.15) is 0 Å². The average molecular weight is 343 g/mol. The largest absolute Gasteiger partial charge is 0.438 e. The Labute approximate surface area is 139 Å². The number of rotatable bonds is 4. The summed E-state index contributed by atoms with van der Waals surface area (Å²) in [5.74, 6) is -2.57. The van der Waals surface area contributed by atoms with Gasteiger partial charge in [0, 0.05) is 38.7 Å². The third-order valence-corrected chi connectivity index (χ3v) is 4.94. The van der Waals surface area contributed by atoms with Crippen molar-refractivity contribution in [2.24, 2.45) is 0 Å². The maximum absolute atomic E-state index is 13.8. The van der Waals surface area contributed by atoms with Gasteiger partial charge in [0.1, 0.15) is 0 Å². The number of halogens is 2. The van der Waals surface area contributed by atoms with E-state index < -0.39 is 5.92 Å². The van der Waals surface area contributed by atoms with Crippen molar-refractivity contribution in [2.45, 2.75) is 44.2 Å². The minimum absolute atomic E-state index is 0.0541. The molecule has 0 spiro atoms. The lowest BCUT2D eigenvalue weighted by Crippen LogP contribution is -2.49. The standard InChI is InChI=1S/C16H23F2N3O3/c1-11-14(24-10-19-11)15(22)20-5-3-12(4-6-20)21-9-16(17,18)7-13(21)8-23-2/h10,12-13H,3-9H2,1-2H3/t13-/m0/s1. The number of methoxy groups -OCH3 is 1. The second kappa shape index (κ2) is 6.76. The van der Waals surface area contributed by atoms with Crippen LogP contribution in [-0.4, -0.2) is 72.0 Å². The molecule has 2 aliphatic heterocycles. The van der Waals surface area contributed by atoms with Crippen molar-refractivity contribution in [1.82, 2.24) is 14.8 Å². The van der Waals surface area contributed by atoms with Crippen LogP contribution in [0.5, 0.6) is 0 Å². The summed E-state index contributed by atoms with van der Waals surface area (Å²) < 4.78 is 37.8. The minimum atomic E-state index is -2.66. The fourth-order valence-corrected chi connectivity index (χ4v) is 3.75. The lowest BCUT2D eigenvalue weighted by atomic mass is 10.0. The predicted octanol–water partition coefficient (Wildman–Crippen LogP) is 1.94. The van der Waals surface area contributed by atoms with Crippen LogP contribution in [0.3, 0.4) is 0 Å². The molecule has 0 aromatic carbocycles. The Morgan fingerprint density at radius 2 is 2.17 bits per heavy atom. The number of aryl methyl sites for hydroxylation is 1. The van der Waals surface area contributed by atoms with E-state index in [9.17, 15) is 13.6 Å². The molecular formula is C16H23F2N3O3. The van der Waals surface area contributed by atoms with Crippen LogP contribution in [0.4, 0.5) is 8.78 Å². The number of amides is 1. The van der Waals surface area contributed by atoms with Crippen LogP contribution in [0, 0.1) is 6.92 Å². The molecule has 3 rings (SSSR count). The molecule has 2 saturated heterocycles. The van der Waals surface area contributed by atoms with Gasteiger partial charge in [0.25, 0.3) is 11.8 Å². The Balaban J connectivity index is 1.60. The normalized spacial score (nSPS) is 25.3. The molecular weight excluding hydrogens is 320 g/mol. The lowest BCUT2D eigenvalue weighted by molar-refractivity contribution is 0.00272. The molecule has 0 aliphatic carbocycles. The van der Waals surface area contributed by atoms with E-state index in [0.29, 0.717) is 38.2 Å². The second-order valence-electron chi connectivity index (χ2n) is 6.63. The van der Waals surface area contributed by atoms with Crippen LogP contribution < -0.4 is 0 Å². The summed E-state index contributed by atoms with van der Waals surface area (Å²) in [4.78, 5) is 19.9. The number of likely N-dealkylation sites (tertiary alicyclic amines) is 2. The molecule has 0 N–H and O–H groups in total. The van der Waals surface area contributed by atoms with E-state index in [2.05, 4.69) is 4.98 Å². The molecule has 0 bridgehead atoms. The molecule has 0 radical (unpaired) electrons. The van der Waals surface area contributed by atoms with Gasteiger partial charge in [-0.3, -0.25) is 9.69 Å². The van der Waals surface area contributed by atoms with E-state index in [1.165, 1.54) is 13.5 Å². The van der Waals surface area contributed by atoms with E-state index in [1.54, 1.807) is 11.8 Å². The number of hydrogen-bond acceptors (Lipinski definition) is 5. The first-order chi connectivity index (χ1) is 11.4. The zero-order valence-corrected chi connectivity index (χ0v) is 14.0. The molecule has 2 aliphatic rings. The third-order valence-electron chi connectivity index (χ3n) is 4.94. The highest BCUT2D eigenvalue weighted by molar-refractivity contribution is 5.92. The summed E-state index contributed by atoms with van der Waals surface area (Å²) in [7, 11) is 1.54. The summed E-state index contributed by atoms with van der Waals surface area (Å²) in [5.41, 5.74) is 0.571. The zero-order valence-electron chi connectivity index (χ0n) is 14.0. The number of hydrogen-bond donors (Lipinski definition) is 0. The van der Waals surface area contributed by atoms with Gasteiger partial charge in [0.2, 0.25) is 5.76 Å². The van der Waals surface area contributed by atoms with Crippen molar-refractivity contribution in [3.8, 4) is 0 Å². The summed E-state index contributed by atoms with van der Waals surface area (Å²) in [5, 5.41) is 0. The number of carbonyl (C=O) groups excluding carboxylic acids is 1. The monoisotopic (exact) mass is 343 g/mol. The van der Waals surface area contributed by atoms with E-state index >= 15 is 0 Å². The SMILES string of the molecule is COC[C@@H]1CC(F)(F)CN1C1CCN(C(=O)c2ocnc2C)CC1. The van der Waals surface area contributed by atoms with Crippen molar-refractivity contribution in [1.29, 1.82) is 0 Å². The Kier molecular flexibility index (Phi) is 4.87. The summed E-state index contributed by atoms with van der Waals surface area (Å²) in [6, 6.07) is -0.202. The number of aromatic nitrogens is 1. The van der Waals surface area contributed by atoms with Crippen LogP contribution in [-0.2, 0) is 4.74 Å². The zero-order chi connectivity index (χ0) is 17.3. The summed E-state index contributed by atoms with van der Waals surface area (Å²) >= 11 is 0.